The Morgan fingerprint density at radius 1 is 1.26 bits per heavy atom. The van der Waals surface area contributed by atoms with Crippen molar-refractivity contribution in [1.82, 2.24) is 9.55 Å². The summed E-state index contributed by atoms with van der Waals surface area (Å²) in [6.07, 6.45) is -0.211. The lowest BCUT2D eigenvalue weighted by Crippen LogP contribution is -2.45. The first-order valence-corrected chi connectivity index (χ1v) is 11.0. The van der Waals surface area contributed by atoms with Crippen LogP contribution < -0.4 is 5.56 Å². The van der Waals surface area contributed by atoms with Crippen molar-refractivity contribution in [1.29, 1.82) is 0 Å². The zero-order valence-electron chi connectivity index (χ0n) is 18.7. The summed E-state index contributed by atoms with van der Waals surface area (Å²) in [5.41, 5.74) is -1.93. The zero-order chi connectivity index (χ0) is 24.9. The average Bonchev–Trinajstić information content (AvgIpc) is 3.23. The van der Waals surface area contributed by atoms with E-state index in [-0.39, 0.29) is 55.2 Å². The van der Waals surface area contributed by atoms with Gasteiger partial charge in [0.1, 0.15) is 12.3 Å². The van der Waals surface area contributed by atoms with Crippen molar-refractivity contribution in [2.24, 2.45) is 10.2 Å². The largest absolute Gasteiger partial charge is 0.458 e. The van der Waals surface area contributed by atoms with Gasteiger partial charge in [0.2, 0.25) is 0 Å². The fourth-order valence-electron chi connectivity index (χ4n) is 4.85. The fourth-order valence-corrected chi connectivity index (χ4v) is 4.85. The molecule has 2 N–H and O–H groups in total. The van der Waals surface area contributed by atoms with Crippen LogP contribution in [0.25, 0.3) is 22.3 Å². The first-order valence-electron chi connectivity index (χ1n) is 11.0. The number of nitrogens with zero attached hydrogens (tertiary/aromatic N) is 5. The van der Waals surface area contributed by atoms with Gasteiger partial charge in [0.25, 0.3) is 5.56 Å². The summed E-state index contributed by atoms with van der Waals surface area (Å²) in [6, 6.07) is 7.18. The van der Waals surface area contributed by atoms with E-state index >= 15 is 0 Å². The molecule has 1 aromatic carbocycles. The molecule has 180 valence electrons. The molecule has 12 heteroatoms. The quantitative estimate of drug-likeness (QED) is 0.183. The second kappa shape index (κ2) is 8.32. The number of carbonyl (C=O) groups excluding carboxylic acids is 1. The van der Waals surface area contributed by atoms with Crippen molar-refractivity contribution in [2.75, 3.05) is 13.2 Å². The molecule has 0 fully saturated rings. The maximum Gasteiger partial charge on any atom is 0.343 e. The molecule has 0 saturated heterocycles. The number of nitro groups is 1. The average molecular weight is 479 g/mol. The van der Waals surface area contributed by atoms with Crippen LogP contribution in [0.2, 0.25) is 0 Å². The van der Waals surface area contributed by atoms with Crippen molar-refractivity contribution in [3.05, 3.63) is 67.0 Å². The number of benzene rings is 1. The first kappa shape index (κ1) is 22.7. The fraction of sp³-hybridized carbons (Fsp3) is 0.348. The maximum absolute atomic E-state index is 13.5. The number of ether oxygens (including phenoxy) is 1. The van der Waals surface area contributed by atoms with Gasteiger partial charge in [-0.1, -0.05) is 25.1 Å². The molecular weight excluding hydrogens is 458 g/mol. The van der Waals surface area contributed by atoms with E-state index in [1.54, 1.807) is 12.1 Å². The Bertz CT molecular complexity index is 1500. The monoisotopic (exact) mass is 479 g/mol. The number of esters is 1. The molecule has 0 radical (unpaired) electrons. The van der Waals surface area contributed by atoms with Gasteiger partial charge in [-0.3, -0.25) is 19.5 Å². The number of aliphatic hydroxyl groups excluding tert-OH is 1. The Morgan fingerprint density at radius 3 is 2.74 bits per heavy atom. The molecule has 2 aliphatic heterocycles. The molecule has 0 saturated carbocycles. The summed E-state index contributed by atoms with van der Waals surface area (Å²) in [6.45, 7) is 1.11. The lowest BCUT2D eigenvalue weighted by molar-refractivity contribution is -0.386. The van der Waals surface area contributed by atoms with Crippen LogP contribution in [0, 0.1) is 10.1 Å². The maximum atomic E-state index is 13.5. The standard InChI is InChI=1S/C23H21N5O7/c1-2-23(32)17-15(11-35-22(23)31)21(30)27-10-14-13(9-25-24-7-8-29)12-5-3-4-6-16(12)26-18(14)20(27)19(17)28(33)34/h3-6,29,32H,2,7-11H2,1H3/t23-/m0/s1. The third-order valence-electron chi connectivity index (χ3n) is 6.51. The summed E-state index contributed by atoms with van der Waals surface area (Å²) < 4.78 is 6.28. The molecule has 2 aromatic heterocycles. The number of hydrogen-bond acceptors (Lipinski definition) is 10. The van der Waals surface area contributed by atoms with E-state index in [2.05, 4.69) is 15.2 Å². The van der Waals surface area contributed by atoms with Crippen LogP contribution in [0.4, 0.5) is 5.69 Å². The number of pyridine rings is 2. The van der Waals surface area contributed by atoms with Gasteiger partial charge < -0.3 is 14.9 Å². The van der Waals surface area contributed by atoms with E-state index in [4.69, 9.17) is 9.84 Å². The number of azo groups is 1. The Hall–Kier alpha value is -4.03. The second-order valence-corrected chi connectivity index (χ2v) is 8.31. The number of para-hydroxylation sites is 1. The number of aliphatic hydroxyl groups is 2. The third-order valence-corrected chi connectivity index (χ3v) is 6.51. The molecule has 3 aromatic rings. The molecule has 35 heavy (non-hydrogen) atoms. The summed E-state index contributed by atoms with van der Waals surface area (Å²) in [7, 11) is 0. The molecule has 12 nitrogen and oxygen atoms in total. The lowest BCUT2D eigenvalue weighted by atomic mass is 9.84. The first-order chi connectivity index (χ1) is 16.8. The van der Waals surface area contributed by atoms with Crippen molar-refractivity contribution in [2.45, 2.75) is 38.6 Å². The summed E-state index contributed by atoms with van der Waals surface area (Å²) >= 11 is 0. The number of hydrogen-bond donors (Lipinski definition) is 2. The van der Waals surface area contributed by atoms with E-state index in [0.717, 1.165) is 5.39 Å². The smallest absolute Gasteiger partial charge is 0.343 e. The van der Waals surface area contributed by atoms with Crippen LogP contribution in [0.15, 0.2) is 39.3 Å². The van der Waals surface area contributed by atoms with Gasteiger partial charge in [0.15, 0.2) is 5.60 Å². The third kappa shape index (κ3) is 3.25. The van der Waals surface area contributed by atoms with E-state index < -0.39 is 34.3 Å². The highest BCUT2D eigenvalue weighted by atomic mass is 16.6. The van der Waals surface area contributed by atoms with Gasteiger partial charge in [0.05, 0.1) is 53.5 Å². The molecule has 5 rings (SSSR count). The summed E-state index contributed by atoms with van der Waals surface area (Å²) in [5, 5.41) is 41.3. The Labute approximate surface area is 197 Å². The highest BCUT2D eigenvalue weighted by Crippen LogP contribution is 2.47. The normalized spacial score (nSPS) is 18.4. The van der Waals surface area contributed by atoms with E-state index in [0.29, 0.717) is 16.6 Å². The molecule has 0 unspecified atom stereocenters. The predicted molar refractivity (Wildman–Crippen MR) is 122 cm³/mol. The molecule has 0 bridgehead atoms. The lowest BCUT2D eigenvalue weighted by Gasteiger charge is -2.31. The van der Waals surface area contributed by atoms with Gasteiger partial charge in [-0.2, -0.15) is 10.2 Å². The number of carbonyl (C=O) groups is 1. The van der Waals surface area contributed by atoms with Crippen LogP contribution in [0.3, 0.4) is 0 Å². The number of aromatic nitrogens is 2. The zero-order valence-corrected chi connectivity index (χ0v) is 18.7. The van der Waals surface area contributed by atoms with E-state index in [1.807, 2.05) is 12.1 Å². The van der Waals surface area contributed by atoms with Crippen molar-refractivity contribution >= 4 is 22.6 Å². The Kier molecular flexibility index (Phi) is 5.41. The van der Waals surface area contributed by atoms with Crippen LogP contribution in [0.1, 0.15) is 35.6 Å². The van der Waals surface area contributed by atoms with Crippen molar-refractivity contribution in [3.63, 3.8) is 0 Å². The van der Waals surface area contributed by atoms with Gasteiger partial charge in [-0.15, -0.1) is 0 Å². The van der Waals surface area contributed by atoms with Gasteiger partial charge >= 0.3 is 11.7 Å². The van der Waals surface area contributed by atoms with Crippen molar-refractivity contribution in [3.8, 4) is 11.4 Å². The SMILES string of the molecule is CC[C@@]1(O)C(=O)OCc2c1c([N+](=O)[O-])c1n(c2=O)Cc2c-1nc1ccccc1c2CN=NCCO. The summed E-state index contributed by atoms with van der Waals surface area (Å²) in [5.74, 6) is -1.03. The van der Waals surface area contributed by atoms with Crippen LogP contribution in [-0.4, -0.2) is 43.8 Å². The molecule has 0 amide bonds. The van der Waals surface area contributed by atoms with E-state index in [9.17, 15) is 24.8 Å². The molecule has 0 aliphatic carbocycles. The highest BCUT2D eigenvalue weighted by Gasteiger charge is 2.52. The predicted octanol–water partition coefficient (Wildman–Crippen LogP) is 1.93. The van der Waals surface area contributed by atoms with Crippen molar-refractivity contribution < 1.29 is 24.7 Å². The van der Waals surface area contributed by atoms with Crippen LogP contribution >= 0.6 is 0 Å². The number of rotatable bonds is 6. The summed E-state index contributed by atoms with van der Waals surface area (Å²) in [4.78, 5) is 42.4. The highest BCUT2D eigenvalue weighted by molar-refractivity contribution is 5.92. The second-order valence-electron chi connectivity index (χ2n) is 8.31. The molecule has 4 heterocycles. The molecule has 2 aliphatic rings. The minimum Gasteiger partial charge on any atom is -0.458 e. The van der Waals surface area contributed by atoms with E-state index in [1.165, 1.54) is 11.5 Å². The van der Waals surface area contributed by atoms with Gasteiger partial charge in [-0.05, 0) is 18.1 Å². The Morgan fingerprint density at radius 2 is 2.03 bits per heavy atom. The number of fused-ring (bicyclic) bond motifs is 5. The molecule has 1 atom stereocenters. The van der Waals surface area contributed by atoms with Gasteiger partial charge in [-0.25, -0.2) is 9.78 Å². The minimum atomic E-state index is -2.33. The topological polar surface area (TPSA) is 170 Å². The van der Waals surface area contributed by atoms with Gasteiger partial charge in [0, 0.05) is 10.9 Å². The van der Waals surface area contributed by atoms with Crippen LogP contribution in [-0.2, 0) is 34.8 Å². The Balaban J connectivity index is 1.86. The van der Waals surface area contributed by atoms with Crippen LogP contribution in [0.5, 0.6) is 0 Å². The minimum absolute atomic E-state index is 0.00118. The molecule has 0 spiro atoms. The molecular formula is C23H21N5O7. The number of cyclic esters (lactones) is 1.